The molecule has 0 aromatic rings. The van der Waals surface area contributed by atoms with Crippen LogP contribution in [0.15, 0.2) is 0 Å². The summed E-state index contributed by atoms with van der Waals surface area (Å²) in [5.41, 5.74) is 5.54. The molecule has 2 atom stereocenters. The molecule has 18 heavy (non-hydrogen) atoms. The average Bonchev–Trinajstić information content (AvgIpc) is 2.36. The molecule has 104 valence electrons. The Morgan fingerprint density at radius 3 is 2.50 bits per heavy atom. The fourth-order valence-corrected chi connectivity index (χ4v) is 1.95. The maximum absolute atomic E-state index is 11.5. The highest BCUT2D eigenvalue weighted by Crippen LogP contribution is 2.12. The van der Waals surface area contributed by atoms with Crippen LogP contribution in [0, 0.1) is 0 Å². The highest BCUT2D eigenvalue weighted by atomic mass is 32.2. The van der Waals surface area contributed by atoms with Gasteiger partial charge in [0, 0.05) is 7.05 Å². The zero-order chi connectivity index (χ0) is 14.1. The van der Waals surface area contributed by atoms with Crippen molar-refractivity contribution in [2.45, 2.75) is 24.6 Å². The summed E-state index contributed by atoms with van der Waals surface area (Å²) in [7, 11) is 2.70. The highest BCUT2D eigenvalue weighted by Gasteiger charge is 2.18. The molecule has 3 amide bonds. The van der Waals surface area contributed by atoms with Crippen LogP contribution in [0.3, 0.4) is 0 Å². The molecule has 2 unspecified atom stereocenters. The SMILES string of the molecule is CNC(=O)NC(=O)C(C)SCCC(N)C(=O)OC. The van der Waals surface area contributed by atoms with Gasteiger partial charge >= 0.3 is 12.0 Å². The second-order valence-corrected chi connectivity index (χ2v) is 4.95. The first-order valence-corrected chi connectivity index (χ1v) is 6.44. The Hall–Kier alpha value is -1.28. The summed E-state index contributed by atoms with van der Waals surface area (Å²) in [4.78, 5) is 33.4. The van der Waals surface area contributed by atoms with Crippen molar-refractivity contribution in [2.75, 3.05) is 19.9 Å². The standard InChI is InChI=1S/C10H19N3O4S/c1-6(8(14)13-10(16)12-2)18-5-4-7(11)9(15)17-3/h6-7H,4-5,11H2,1-3H3,(H2,12,13,14,16). The summed E-state index contributed by atoms with van der Waals surface area (Å²) in [5.74, 6) is -0.331. The first-order chi connectivity index (χ1) is 8.42. The Morgan fingerprint density at radius 1 is 1.39 bits per heavy atom. The number of imide groups is 1. The third-order valence-corrected chi connectivity index (χ3v) is 3.32. The number of carbonyl (C=O) groups is 3. The van der Waals surface area contributed by atoms with E-state index < -0.39 is 23.3 Å². The quantitative estimate of drug-likeness (QED) is 0.562. The van der Waals surface area contributed by atoms with E-state index in [-0.39, 0.29) is 5.91 Å². The number of ether oxygens (including phenoxy) is 1. The van der Waals surface area contributed by atoms with Crippen LogP contribution in [0.1, 0.15) is 13.3 Å². The average molecular weight is 277 g/mol. The smallest absolute Gasteiger partial charge is 0.322 e. The van der Waals surface area contributed by atoms with Crippen LogP contribution in [0.4, 0.5) is 4.79 Å². The molecule has 0 radical (unpaired) electrons. The van der Waals surface area contributed by atoms with Gasteiger partial charge in [0.15, 0.2) is 0 Å². The van der Waals surface area contributed by atoms with E-state index in [2.05, 4.69) is 15.4 Å². The molecule has 0 aliphatic carbocycles. The van der Waals surface area contributed by atoms with Crippen LogP contribution in [-0.4, -0.2) is 49.1 Å². The van der Waals surface area contributed by atoms with Gasteiger partial charge in [-0.2, -0.15) is 0 Å². The zero-order valence-electron chi connectivity index (χ0n) is 10.7. The third kappa shape index (κ3) is 6.45. The highest BCUT2D eigenvalue weighted by molar-refractivity contribution is 8.00. The number of nitrogens with one attached hydrogen (secondary N) is 2. The van der Waals surface area contributed by atoms with Crippen LogP contribution >= 0.6 is 11.8 Å². The predicted octanol–water partition coefficient (Wildman–Crippen LogP) is -0.546. The Morgan fingerprint density at radius 2 is 2.00 bits per heavy atom. The molecule has 0 aliphatic rings. The van der Waals surface area contributed by atoms with Crippen molar-refractivity contribution in [3.05, 3.63) is 0 Å². The summed E-state index contributed by atoms with van der Waals surface area (Å²) in [5, 5.41) is 4.06. The Balaban J connectivity index is 3.89. The molecule has 0 aromatic heterocycles. The van der Waals surface area contributed by atoms with Crippen molar-refractivity contribution in [1.29, 1.82) is 0 Å². The van der Waals surface area contributed by atoms with Gasteiger partial charge in [-0.3, -0.25) is 14.9 Å². The normalized spacial score (nSPS) is 13.3. The largest absolute Gasteiger partial charge is 0.468 e. The molecule has 8 heteroatoms. The van der Waals surface area contributed by atoms with Crippen LogP contribution in [-0.2, 0) is 14.3 Å². The fraction of sp³-hybridized carbons (Fsp3) is 0.700. The summed E-state index contributed by atoms with van der Waals surface area (Å²) in [6.07, 6.45) is 0.412. The maximum atomic E-state index is 11.5. The number of amides is 3. The van der Waals surface area contributed by atoms with Crippen LogP contribution < -0.4 is 16.4 Å². The zero-order valence-corrected chi connectivity index (χ0v) is 11.5. The van der Waals surface area contributed by atoms with E-state index in [9.17, 15) is 14.4 Å². The summed E-state index contributed by atoms with van der Waals surface area (Å²) in [6.45, 7) is 1.67. The van der Waals surface area contributed by atoms with Gasteiger partial charge in [-0.25, -0.2) is 4.79 Å². The Labute approximate surface area is 110 Å². The molecule has 0 saturated carbocycles. The van der Waals surface area contributed by atoms with E-state index in [0.717, 1.165) is 0 Å². The van der Waals surface area contributed by atoms with Crippen molar-refractivity contribution in [3.8, 4) is 0 Å². The van der Waals surface area contributed by atoms with Crippen molar-refractivity contribution >= 4 is 29.7 Å². The molecule has 0 aromatic carbocycles. The van der Waals surface area contributed by atoms with Gasteiger partial charge in [0.25, 0.3) is 0 Å². The third-order valence-electron chi connectivity index (χ3n) is 2.13. The van der Waals surface area contributed by atoms with E-state index in [1.54, 1.807) is 6.92 Å². The van der Waals surface area contributed by atoms with Crippen molar-refractivity contribution < 1.29 is 19.1 Å². The predicted molar refractivity (Wildman–Crippen MR) is 69.1 cm³/mol. The van der Waals surface area contributed by atoms with E-state index in [1.165, 1.54) is 25.9 Å². The number of hydrogen-bond acceptors (Lipinski definition) is 6. The molecular weight excluding hydrogens is 258 g/mol. The lowest BCUT2D eigenvalue weighted by atomic mass is 10.2. The molecule has 0 fully saturated rings. The number of carbonyl (C=O) groups excluding carboxylic acids is 3. The van der Waals surface area contributed by atoms with Crippen LogP contribution in [0.25, 0.3) is 0 Å². The van der Waals surface area contributed by atoms with Crippen molar-refractivity contribution in [2.24, 2.45) is 5.73 Å². The molecule has 4 N–H and O–H groups in total. The number of methoxy groups -OCH3 is 1. The van der Waals surface area contributed by atoms with E-state index >= 15 is 0 Å². The number of nitrogens with two attached hydrogens (primary N) is 1. The first kappa shape index (κ1) is 16.7. The molecular formula is C10H19N3O4S. The van der Waals surface area contributed by atoms with Crippen molar-refractivity contribution in [1.82, 2.24) is 10.6 Å². The Kier molecular flexibility index (Phi) is 8.14. The van der Waals surface area contributed by atoms with Gasteiger partial charge in [0.2, 0.25) is 5.91 Å². The summed E-state index contributed by atoms with van der Waals surface area (Å²) in [6, 6.07) is -1.23. The lowest BCUT2D eigenvalue weighted by molar-refractivity contribution is -0.142. The van der Waals surface area contributed by atoms with Gasteiger partial charge in [-0.15, -0.1) is 11.8 Å². The minimum Gasteiger partial charge on any atom is -0.468 e. The van der Waals surface area contributed by atoms with Crippen LogP contribution in [0.5, 0.6) is 0 Å². The Bertz CT molecular complexity index is 311. The topological polar surface area (TPSA) is 111 Å². The second kappa shape index (κ2) is 8.76. The summed E-state index contributed by atoms with van der Waals surface area (Å²) >= 11 is 1.31. The van der Waals surface area contributed by atoms with Crippen molar-refractivity contribution in [3.63, 3.8) is 0 Å². The maximum Gasteiger partial charge on any atom is 0.322 e. The monoisotopic (exact) mass is 277 g/mol. The fourth-order valence-electron chi connectivity index (χ4n) is 0.993. The molecule has 0 saturated heterocycles. The number of thioether (sulfide) groups is 1. The lowest BCUT2D eigenvalue weighted by Crippen LogP contribution is -2.41. The first-order valence-electron chi connectivity index (χ1n) is 5.40. The van der Waals surface area contributed by atoms with Gasteiger partial charge in [0.05, 0.1) is 12.4 Å². The lowest BCUT2D eigenvalue weighted by Gasteiger charge is -2.12. The molecule has 0 bridgehead atoms. The molecule has 7 nitrogen and oxygen atoms in total. The summed E-state index contributed by atoms with van der Waals surface area (Å²) < 4.78 is 4.48. The van der Waals surface area contributed by atoms with Gasteiger partial charge < -0.3 is 15.8 Å². The molecule has 0 spiro atoms. The molecule has 0 aliphatic heterocycles. The van der Waals surface area contributed by atoms with Gasteiger partial charge in [0.1, 0.15) is 6.04 Å². The van der Waals surface area contributed by atoms with E-state index in [4.69, 9.17) is 5.73 Å². The minimum atomic E-state index is -0.684. The molecule has 0 heterocycles. The van der Waals surface area contributed by atoms with E-state index in [1.807, 2.05) is 0 Å². The minimum absolute atomic E-state index is 0.383. The number of esters is 1. The van der Waals surface area contributed by atoms with E-state index in [0.29, 0.717) is 12.2 Å². The van der Waals surface area contributed by atoms with Gasteiger partial charge in [-0.1, -0.05) is 0 Å². The number of rotatable bonds is 6. The number of urea groups is 1. The van der Waals surface area contributed by atoms with Gasteiger partial charge in [-0.05, 0) is 19.1 Å². The van der Waals surface area contributed by atoms with Crippen LogP contribution in [0.2, 0.25) is 0 Å². The second-order valence-electron chi connectivity index (χ2n) is 3.50. The molecule has 0 rings (SSSR count). The number of hydrogen-bond donors (Lipinski definition) is 3.